The number of anilines is 2. The van der Waals surface area contributed by atoms with Gasteiger partial charge in [0.25, 0.3) is 5.66 Å². The molecule has 0 saturated heterocycles. The van der Waals surface area contributed by atoms with Gasteiger partial charge in [0.15, 0.2) is 0 Å². The third-order valence-corrected chi connectivity index (χ3v) is 3.73. The number of hydrogen-bond acceptors (Lipinski definition) is 4. The quantitative estimate of drug-likeness (QED) is 0.578. The predicted octanol–water partition coefficient (Wildman–Crippen LogP) is 2.34. The van der Waals surface area contributed by atoms with Crippen LogP contribution in [0.1, 0.15) is 5.69 Å². The fraction of sp³-hybridized carbons (Fsp3) is 0.0667. The van der Waals surface area contributed by atoms with E-state index in [1.54, 1.807) is 0 Å². The van der Waals surface area contributed by atoms with E-state index < -0.39 is 11.6 Å². The maximum atomic E-state index is 12.0. The highest BCUT2D eigenvalue weighted by Gasteiger charge is 2.47. The Morgan fingerprint density at radius 3 is 2.29 bits per heavy atom. The van der Waals surface area contributed by atoms with Gasteiger partial charge in [-0.1, -0.05) is 30.3 Å². The van der Waals surface area contributed by atoms with Gasteiger partial charge in [0, 0.05) is 5.39 Å². The molecule has 2 aromatic carbocycles. The molecule has 6 heteroatoms. The van der Waals surface area contributed by atoms with Crippen LogP contribution in [0.15, 0.2) is 48.5 Å². The first-order valence-electron chi connectivity index (χ1n) is 6.53. The van der Waals surface area contributed by atoms with Gasteiger partial charge in [-0.25, -0.2) is 4.79 Å². The number of H-pyrrole nitrogens is 1. The van der Waals surface area contributed by atoms with E-state index in [1.807, 2.05) is 48.5 Å². The molecule has 4 rings (SSSR count). The van der Waals surface area contributed by atoms with E-state index in [4.69, 9.17) is 0 Å². The number of benzene rings is 2. The summed E-state index contributed by atoms with van der Waals surface area (Å²) in [6, 6.07) is 14.8. The summed E-state index contributed by atoms with van der Waals surface area (Å²) >= 11 is 0. The SMILES string of the molecule is O=C(O)C1(c2[nH]nc3ccccc23)Nc2ccccc2N1. The van der Waals surface area contributed by atoms with Crippen molar-refractivity contribution in [3.05, 3.63) is 54.2 Å². The number of fused-ring (bicyclic) bond motifs is 2. The van der Waals surface area contributed by atoms with Gasteiger partial charge in [0.2, 0.25) is 0 Å². The Hall–Kier alpha value is -3.02. The lowest BCUT2D eigenvalue weighted by molar-refractivity contribution is -0.141. The average molecular weight is 280 g/mol. The fourth-order valence-corrected chi connectivity index (χ4v) is 2.72. The zero-order valence-electron chi connectivity index (χ0n) is 10.9. The highest BCUT2D eigenvalue weighted by Crippen LogP contribution is 2.40. The normalized spacial score (nSPS) is 15.2. The summed E-state index contributed by atoms with van der Waals surface area (Å²) in [5.74, 6) is -1.02. The van der Waals surface area contributed by atoms with Crippen molar-refractivity contribution in [1.29, 1.82) is 0 Å². The maximum absolute atomic E-state index is 12.0. The highest BCUT2D eigenvalue weighted by molar-refractivity contribution is 5.98. The molecular weight excluding hydrogens is 268 g/mol. The summed E-state index contributed by atoms with van der Waals surface area (Å²) < 4.78 is 0. The number of aromatic amines is 1. The molecule has 6 nitrogen and oxygen atoms in total. The lowest BCUT2D eigenvalue weighted by atomic mass is 10.0. The number of nitrogens with one attached hydrogen (secondary N) is 3. The highest BCUT2D eigenvalue weighted by atomic mass is 16.4. The van der Waals surface area contributed by atoms with Crippen molar-refractivity contribution in [3.8, 4) is 0 Å². The zero-order chi connectivity index (χ0) is 14.4. The molecule has 0 fully saturated rings. The molecule has 0 unspecified atom stereocenters. The van der Waals surface area contributed by atoms with Crippen molar-refractivity contribution in [2.24, 2.45) is 0 Å². The van der Waals surface area contributed by atoms with Gasteiger partial charge in [-0.15, -0.1) is 0 Å². The summed E-state index contributed by atoms with van der Waals surface area (Å²) in [4.78, 5) is 12.0. The van der Waals surface area contributed by atoms with Crippen molar-refractivity contribution >= 4 is 28.2 Å². The van der Waals surface area contributed by atoms with E-state index in [0.717, 1.165) is 22.3 Å². The Labute approximate surface area is 119 Å². The number of rotatable bonds is 2. The second-order valence-electron chi connectivity index (χ2n) is 4.97. The number of carboxylic acids is 1. The van der Waals surface area contributed by atoms with Crippen molar-refractivity contribution in [1.82, 2.24) is 10.2 Å². The van der Waals surface area contributed by atoms with Crippen molar-refractivity contribution < 1.29 is 9.90 Å². The van der Waals surface area contributed by atoms with E-state index in [1.165, 1.54) is 0 Å². The van der Waals surface area contributed by atoms with Crippen LogP contribution in [-0.2, 0) is 10.5 Å². The van der Waals surface area contributed by atoms with Gasteiger partial charge in [-0.05, 0) is 18.2 Å². The third kappa shape index (κ3) is 1.53. The molecule has 0 atom stereocenters. The molecule has 0 bridgehead atoms. The summed E-state index contributed by atoms with van der Waals surface area (Å²) in [5.41, 5.74) is 1.27. The van der Waals surface area contributed by atoms with Crippen LogP contribution >= 0.6 is 0 Å². The van der Waals surface area contributed by atoms with Crippen molar-refractivity contribution in [3.63, 3.8) is 0 Å². The van der Waals surface area contributed by atoms with Gasteiger partial charge in [0.1, 0.15) is 5.69 Å². The molecule has 1 aliphatic rings. The molecule has 3 aromatic rings. The van der Waals surface area contributed by atoms with E-state index >= 15 is 0 Å². The van der Waals surface area contributed by atoms with Crippen LogP contribution in [0.5, 0.6) is 0 Å². The molecule has 4 N–H and O–H groups in total. The predicted molar refractivity (Wildman–Crippen MR) is 79.1 cm³/mol. The second-order valence-corrected chi connectivity index (χ2v) is 4.97. The zero-order valence-corrected chi connectivity index (χ0v) is 10.9. The van der Waals surface area contributed by atoms with Crippen molar-refractivity contribution in [2.45, 2.75) is 5.66 Å². The summed E-state index contributed by atoms with van der Waals surface area (Å²) in [7, 11) is 0. The summed E-state index contributed by atoms with van der Waals surface area (Å²) in [5, 5.41) is 23.7. The van der Waals surface area contributed by atoms with E-state index in [0.29, 0.717) is 5.69 Å². The summed E-state index contributed by atoms with van der Waals surface area (Å²) in [6.07, 6.45) is 0. The van der Waals surface area contributed by atoms with E-state index in [9.17, 15) is 9.90 Å². The maximum Gasteiger partial charge on any atom is 0.357 e. The fourth-order valence-electron chi connectivity index (χ4n) is 2.72. The monoisotopic (exact) mass is 280 g/mol. The topological polar surface area (TPSA) is 90.0 Å². The Morgan fingerprint density at radius 1 is 1.00 bits per heavy atom. The standard InChI is InChI=1S/C15H12N4O2/c20-14(21)15(16-11-7-3-4-8-12(11)17-15)13-9-5-1-2-6-10(9)18-19-13/h1-8,16-17H,(H,18,19)(H,20,21). The van der Waals surface area contributed by atoms with Crippen molar-refractivity contribution in [2.75, 3.05) is 10.6 Å². The molecule has 104 valence electrons. The van der Waals surface area contributed by atoms with Gasteiger partial charge in [0.05, 0.1) is 16.9 Å². The van der Waals surface area contributed by atoms with Gasteiger partial charge in [-0.2, -0.15) is 5.10 Å². The molecule has 0 saturated carbocycles. The Bertz CT molecular complexity index is 831. The molecular formula is C15H12N4O2. The number of carbonyl (C=O) groups is 1. The minimum Gasteiger partial charge on any atom is -0.478 e. The molecule has 21 heavy (non-hydrogen) atoms. The van der Waals surface area contributed by atoms with Crippen LogP contribution in [0.4, 0.5) is 11.4 Å². The van der Waals surface area contributed by atoms with Gasteiger partial charge < -0.3 is 15.7 Å². The van der Waals surface area contributed by atoms with Crippen LogP contribution < -0.4 is 10.6 Å². The van der Waals surface area contributed by atoms with Crippen LogP contribution in [0, 0.1) is 0 Å². The number of nitrogens with zero attached hydrogens (tertiary/aromatic N) is 1. The number of carboxylic acid groups (broad SMARTS) is 1. The second kappa shape index (κ2) is 3.99. The first-order valence-corrected chi connectivity index (χ1v) is 6.53. The lowest BCUT2D eigenvalue weighted by Gasteiger charge is -2.24. The first kappa shape index (κ1) is 11.8. The molecule has 0 amide bonds. The van der Waals surface area contributed by atoms with Crippen LogP contribution in [-0.4, -0.2) is 21.3 Å². The average Bonchev–Trinajstić information content (AvgIpc) is 3.09. The van der Waals surface area contributed by atoms with E-state index in [2.05, 4.69) is 20.8 Å². The molecule has 0 aliphatic carbocycles. The molecule has 2 heterocycles. The Balaban J connectivity index is 1.93. The molecule has 1 aliphatic heterocycles. The van der Waals surface area contributed by atoms with Gasteiger partial charge in [-0.3, -0.25) is 5.10 Å². The molecule has 0 spiro atoms. The molecule has 0 radical (unpaired) electrons. The number of aromatic nitrogens is 2. The summed E-state index contributed by atoms with van der Waals surface area (Å²) in [6.45, 7) is 0. The number of hydrogen-bond donors (Lipinski definition) is 4. The number of aliphatic carboxylic acids is 1. The van der Waals surface area contributed by atoms with Gasteiger partial charge >= 0.3 is 5.97 Å². The Morgan fingerprint density at radius 2 is 1.62 bits per heavy atom. The smallest absolute Gasteiger partial charge is 0.357 e. The largest absolute Gasteiger partial charge is 0.478 e. The minimum atomic E-state index is -1.44. The lowest BCUT2D eigenvalue weighted by Crippen LogP contribution is -2.47. The minimum absolute atomic E-state index is 0.488. The molecule has 1 aromatic heterocycles. The van der Waals surface area contributed by atoms with Crippen LogP contribution in [0.3, 0.4) is 0 Å². The Kier molecular flexibility index (Phi) is 2.24. The van der Waals surface area contributed by atoms with Crippen LogP contribution in [0.2, 0.25) is 0 Å². The third-order valence-electron chi connectivity index (χ3n) is 3.73. The number of para-hydroxylation sites is 3. The van der Waals surface area contributed by atoms with Crippen LogP contribution in [0.25, 0.3) is 10.9 Å². The first-order chi connectivity index (χ1) is 10.2. The van der Waals surface area contributed by atoms with E-state index in [-0.39, 0.29) is 0 Å².